The summed E-state index contributed by atoms with van der Waals surface area (Å²) in [7, 11) is 0. The van der Waals surface area contributed by atoms with Gasteiger partial charge in [0.1, 0.15) is 5.75 Å². The molecule has 20 heavy (non-hydrogen) atoms. The van der Waals surface area contributed by atoms with Gasteiger partial charge in [0.2, 0.25) is 5.91 Å². The number of ether oxygens (including phenoxy) is 1. The zero-order chi connectivity index (χ0) is 14.2. The van der Waals surface area contributed by atoms with Gasteiger partial charge >= 0.3 is 0 Å². The summed E-state index contributed by atoms with van der Waals surface area (Å²) in [6, 6.07) is 11.6. The van der Waals surface area contributed by atoms with Crippen LogP contribution in [0.5, 0.6) is 5.75 Å². The predicted molar refractivity (Wildman–Crippen MR) is 81.1 cm³/mol. The fraction of sp³-hybridized carbons (Fsp3) is 0.267. The van der Waals surface area contributed by atoms with Crippen LogP contribution in [-0.4, -0.2) is 19.1 Å². The average molecular weight is 290 g/mol. The highest BCUT2D eigenvalue weighted by molar-refractivity contribution is 7.10. The van der Waals surface area contributed by atoms with Crippen molar-refractivity contribution in [3.8, 4) is 5.75 Å². The number of primary amides is 1. The molecule has 0 atom stereocenters. The number of para-hydroxylation sites is 1. The number of hydrogen-bond donors (Lipinski definition) is 2. The quantitative estimate of drug-likeness (QED) is 0.734. The van der Waals surface area contributed by atoms with Crippen LogP contribution in [0, 0.1) is 0 Å². The van der Waals surface area contributed by atoms with Gasteiger partial charge in [0.15, 0.2) is 0 Å². The third-order valence-electron chi connectivity index (χ3n) is 2.75. The Bertz CT molecular complexity index is 540. The molecule has 2 aromatic rings. The van der Waals surface area contributed by atoms with Gasteiger partial charge in [-0.2, -0.15) is 0 Å². The van der Waals surface area contributed by atoms with Gasteiger partial charge in [-0.1, -0.05) is 18.2 Å². The lowest BCUT2D eigenvalue weighted by molar-refractivity contribution is 0.100. The largest absolute Gasteiger partial charge is 0.494 e. The Morgan fingerprint density at radius 3 is 2.80 bits per heavy atom. The van der Waals surface area contributed by atoms with Crippen molar-refractivity contribution < 1.29 is 9.53 Å². The Morgan fingerprint density at radius 1 is 1.30 bits per heavy atom. The van der Waals surface area contributed by atoms with E-state index in [1.807, 2.05) is 36.4 Å². The summed E-state index contributed by atoms with van der Waals surface area (Å²) < 4.78 is 5.60. The van der Waals surface area contributed by atoms with Gasteiger partial charge < -0.3 is 15.8 Å². The maximum Gasteiger partial charge on any atom is 0.249 e. The monoisotopic (exact) mass is 290 g/mol. The van der Waals surface area contributed by atoms with Crippen LogP contribution < -0.4 is 15.8 Å². The molecule has 1 amide bonds. The fourth-order valence-electron chi connectivity index (χ4n) is 1.72. The summed E-state index contributed by atoms with van der Waals surface area (Å²) in [5, 5.41) is 5.11. The smallest absolute Gasteiger partial charge is 0.249 e. The van der Waals surface area contributed by atoms with Crippen molar-refractivity contribution in [1.29, 1.82) is 0 Å². The molecular weight excluding hydrogens is 272 g/mol. The van der Waals surface area contributed by atoms with Crippen molar-refractivity contribution in [1.82, 2.24) is 5.32 Å². The minimum atomic E-state index is -0.372. The topological polar surface area (TPSA) is 64.4 Å². The van der Waals surface area contributed by atoms with Crippen molar-refractivity contribution in [2.24, 2.45) is 5.73 Å². The number of nitrogens with one attached hydrogen (secondary N) is 1. The molecule has 1 aromatic heterocycles. The lowest BCUT2D eigenvalue weighted by atomic mass is 10.3. The van der Waals surface area contributed by atoms with Crippen LogP contribution in [0.3, 0.4) is 0 Å². The van der Waals surface area contributed by atoms with Crippen LogP contribution >= 0.6 is 11.3 Å². The first kappa shape index (κ1) is 14.6. The van der Waals surface area contributed by atoms with Gasteiger partial charge in [0.25, 0.3) is 0 Å². The molecule has 4 nitrogen and oxygen atoms in total. The van der Waals surface area contributed by atoms with Crippen LogP contribution in [0.25, 0.3) is 0 Å². The number of nitrogens with two attached hydrogens (primary N) is 1. The zero-order valence-electron chi connectivity index (χ0n) is 11.2. The van der Waals surface area contributed by atoms with Crippen LogP contribution in [-0.2, 0) is 6.54 Å². The second kappa shape index (κ2) is 7.67. The zero-order valence-corrected chi connectivity index (χ0v) is 12.0. The Hall–Kier alpha value is -1.85. The SMILES string of the molecule is NC(=O)c1csc(CNCCCOc2ccccc2)c1. The van der Waals surface area contributed by atoms with Crippen molar-refractivity contribution in [2.75, 3.05) is 13.2 Å². The van der Waals surface area contributed by atoms with Gasteiger partial charge in [0, 0.05) is 16.8 Å². The van der Waals surface area contributed by atoms with E-state index in [2.05, 4.69) is 5.32 Å². The molecule has 5 heteroatoms. The molecule has 1 aromatic carbocycles. The number of rotatable bonds is 8. The second-order valence-corrected chi connectivity index (χ2v) is 5.35. The minimum Gasteiger partial charge on any atom is -0.494 e. The molecule has 0 saturated carbocycles. The summed E-state index contributed by atoms with van der Waals surface area (Å²) in [4.78, 5) is 12.1. The highest BCUT2D eigenvalue weighted by Gasteiger charge is 2.03. The van der Waals surface area contributed by atoms with Gasteiger partial charge in [-0.05, 0) is 31.2 Å². The molecule has 0 spiro atoms. The molecule has 106 valence electrons. The Labute approximate surface area is 122 Å². The van der Waals surface area contributed by atoms with Gasteiger partial charge in [-0.15, -0.1) is 11.3 Å². The van der Waals surface area contributed by atoms with Crippen LogP contribution in [0.2, 0.25) is 0 Å². The van der Waals surface area contributed by atoms with Crippen LogP contribution in [0.15, 0.2) is 41.8 Å². The first-order chi connectivity index (χ1) is 9.75. The number of benzene rings is 1. The van der Waals surface area contributed by atoms with Crippen molar-refractivity contribution in [3.05, 3.63) is 52.2 Å². The van der Waals surface area contributed by atoms with E-state index in [0.29, 0.717) is 12.2 Å². The maximum atomic E-state index is 11.0. The lowest BCUT2D eigenvalue weighted by Crippen LogP contribution is -2.16. The van der Waals surface area contributed by atoms with E-state index >= 15 is 0 Å². The average Bonchev–Trinajstić information content (AvgIpc) is 2.93. The molecule has 1 heterocycles. The maximum absolute atomic E-state index is 11.0. The molecule has 0 radical (unpaired) electrons. The first-order valence-electron chi connectivity index (χ1n) is 6.51. The van der Waals surface area contributed by atoms with E-state index < -0.39 is 0 Å². The van der Waals surface area contributed by atoms with E-state index in [-0.39, 0.29) is 5.91 Å². The standard InChI is InChI=1S/C15H18N2O2S/c16-15(18)12-9-14(20-11-12)10-17-7-4-8-19-13-5-2-1-3-6-13/h1-3,5-6,9,11,17H,4,7-8,10H2,(H2,16,18). The Morgan fingerprint density at radius 2 is 2.10 bits per heavy atom. The third-order valence-corrected chi connectivity index (χ3v) is 3.68. The van der Waals surface area contributed by atoms with E-state index in [4.69, 9.17) is 10.5 Å². The van der Waals surface area contributed by atoms with Crippen molar-refractivity contribution in [3.63, 3.8) is 0 Å². The summed E-state index contributed by atoms with van der Waals surface area (Å²) in [6.07, 6.45) is 0.933. The molecule has 3 N–H and O–H groups in total. The fourth-order valence-corrected chi connectivity index (χ4v) is 2.56. The number of hydrogen-bond acceptors (Lipinski definition) is 4. The Kier molecular flexibility index (Phi) is 5.58. The van der Waals surface area contributed by atoms with E-state index in [9.17, 15) is 4.79 Å². The summed E-state index contributed by atoms with van der Waals surface area (Å²) >= 11 is 1.54. The molecule has 0 aliphatic heterocycles. The molecular formula is C15H18N2O2S. The van der Waals surface area contributed by atoms with Crippen LogP contribution in [0.1, 0.15) is 21.7 Å². The van der Waals surface area contributed by atoms with E-state index in [1.54, 1.807) is 16.7 Å². The van der Waals surface area contributed by atoms with Crippen molar-refractivity contribution in [2.45, 2.75) is 13.0 Å². The number of carbonyl (C=O) groups excluding carboxylic acids is 1. The highest BCUT2D eigenvalue weighted by atomic mass is 32.1. The van der Waals surface area contributed by atoms with Gasteiger partial charge in [-0.3, -0.25) is 4.79 Å². The third kappa shape index (κ3) is 4.68. The summed E-state index contributed by atoms with van der Waals surface area (Å²) in [5.74, 6) is 0.528. The summed E-state index contributed by atoms with van der Waals surface area (Å²) in [5.41, 5.74) is 5.79. The van der Waals surface area contributed by atoms with Gasteiger partial charge in [0.05, 0.1) is 12.2 Å². The van der Waals surface area contributed by atoms with Crippen molar-refractivity contribution >= 4 is 17.2 Å². The Balaban J connectivity index is 1.58. The van der Waals surface area contributed by atoms with Gasteiger partial charge in [-0.25, -0.2) is 0 Å². The molecule has 0 aliphatic carbocycles. The second-order valence-electron chi connectivity index (χ2n) is 4.36. The summed E-state index contributed by atoms with van der Waals surface area (Å²) in [6.45, 7) is 2.31. The highest BCUT2D eigenvalue weighted by Crippen LogP contribution is 2.13. The molecule has 0 saturated heterocycles. The molecule has 0 bridgehead atoms. The molecule has 2 rings (SSSR count). The predicted octanol–water partition coefficient (Wildman–Crippen LogP) is 2.41. The van der Waals surface area contributed by atoms with Crippen LogP contribution in [0.4, 0.5) is 0 Å². The van der Waals surface area contributed by atoms with E-state index in [1.165, 1.54) is 0 Å². The normalized spacial score (nSPS) is 10.4. The number of amides is 1. The minimum absolute atomic E-state index is 0.372. The number of thiophene rings is 1. The molecule has 0 aliphatic rings. The van der Waals surface area contributed by atoms with E-state index in [0.717, 1.165) is 30.1 Å². The molecule has 0 fully saturated rings. The lowest BCUT2D eigenvalue weighted by Gasteiger charge is -2.06. The molecule has 0 unspecified atom stereocenters. The number of carbonyl (C=O) groups is 1. The first-order valence-corrected chi connectivity index (χ1v) is 7.39.